The molecule has 3 rings (SSSR count). The summed E-state index contributed by atoms with van der Waals surface area (Å²) >= 11 is 11.9. The summed E-state index contributed by atoms with van der Waals surface area (Å²) in [6, 6.07) is 9.13. The Morgan fingerprint density at radius 3 is 2.46 bits per heavy atom. The van der Waals surface area contributed by atoms with Gasteiger partial charge in [0.05, 0.1) is 36.4 Å². The van der Waals surface area contributed by atoms with Gasteiger partial charge in [-0.05, 0) is 30.3 Å². The van der Waals surface area contributed by atoms with Gasteiger partial charge >= 0.3 is 0 Å². The molecule has 1 N–H and O–H groups in total. The summed E-state index contributed by atoms with van der Waals surface area (Å²) in [5.74, 6) is 0.247. The third-order valence-corrected chi connectivity index (χ3v) is 4.77. The number of nitrogens with zero attached hydrogens (tertiary/aromatic N) is 1. The number of anilines is 2. The highest BCUT2D eigenvalue weighted by molar-refractivity contribution is 6.42. The Hall–Kier alpha value is -2.44. The van der Waals surface area contributed by atoms with E-state index >= 15 is 0 Å². The largest absolute Gasteiger partial charge is 0.497 e. The molecule has 1 atom stereocenters. The van der Waals surface area contributed by atoms with Gasteiger partial charge < -0.3 is 14.8 Å². The van der Waals surface area contributed by atoms with Crippen LogP contribution in [0.25, 0.3) is 0 Å². The molecule has 0 aliphatic carbocycles. The maximum absolute atomic E-state index is 12.8. The van der Waals surface area contributed by atoms with Crippen LogP contribution in [-0.4, -0.2) is 32.1 Å². The Morgan fingerprint density at radius 1 is 1.04 bits per heavy atom. The van der Waals surface area contributed by atoms with Crippen LogP contribution in [0.15, 0.2) is 36.4 Å². The van der Waals surface area contributed by atoms with E-state index in [1.165, 1.54) is 14.2 Å². The summed E-state index contributed by atoms with van der Waals surface area (Å²) in [6.07, 6.45) is 0.0221. The van der Waals surface area contributed by atoms with E-state index < -0.39 is 6.04 Å². The van der Waals surface area contributed by atoms with Crippen LogP contribution in [0.4, 0.5) is 11.4 Å². The number of rotatable bonds is 5. The van der Waals surface area contributed by atoms with E-state index in [0.717, 1.165) is 4.90 Å². The average Bonchev–Trinajstić information content (AvgIpc) is 2.91. The van der Waals surface area contributed by atoms with Crippen LogP contribution in [0.3, 0.4) is 0 Å². The number of methoxy groups -OCH3 is 2. The van der Waals surface area contributed by atoms with Crippen molar-refractivity contribution in [2.75, 3.05) is 24.4 Å². The van der Waals surface area contributed by atoms with Gasteiger partial charge in [0.15, 0.2) is 0 Å². The zero-order chi connectivity index (χ0) is 18.8. The third kappa shape index (κ3) is 3.43. The zero-order valence-electron chi connectivity index (χ0n) is 14.1. The minimum absolute atomic E-state index is 0.0221. The van der Waals surface area contributed by atoms with Crippen LogP contribution in [0.1, 0.15) is 6.42 Å². The lowest BCUT2D eigenvalue weighted by Crippen LogP contribution is -2.35. The molecule has 26 heavy (non-hydrogen) atoms. The first-order valence-corrected chi connectivity index (χ1v) is 8.50. The highest BCUT2D eigenvalue weighted by Crippen LogP contribution is 2.36. The van der Waals surface area contributed by atoms with Gasteiger partial charge in [0.1, 0.15) is 17.5 Å². The molecule has 1 heterocycles. The molecule has 136 valence electrons. The highest BCUT2D eigenvalue weighted by atomic mass is 35.5. The van der Waals surface area contributed by atoms with Gasteiger partial charge in [0, 0.05) is 11.8 Å². The molecule has 1 aliphatic rings. The second-order valence-electron chi connectivity index (χ2n) is 5.64. The highest BCUT2D eigenvalue weighted by Gasteiger charge is 2.40. The fraction of sp³-hybridized carbons (Fsp3) is 0.222. The SMILES string of the molecule is COc1ccc(N2C(=O)CC(Nc3ccc(Cl)c(Cl)c3)C2=O)c(OC)c1. The number of hydrogen-bond acceptors (Lipinski definition) is 5. The van der Waals surface area contributed by atoms with Gasteiger partial charge in [-0.15, -0.1) is 0 Å². The Labute approximate surface area is 160 Å². The molecule has 1 saturated heterocycles. The standard InChI is InChI=1S/C18H16Cl2N2O4/c1-25-11-4-6-15(16(8-11)26-2)22-17(23)9-14(18(22)24)21-10-3-5-12(19)13(20)7-10/h3-8,14,21H,9H2,1-2H3. The fourth-order valence-electron chi connectivity index (χ4n) is 2.75. The number of benzene rings is 2. The molecule has 0 aromatic heterocycles. The van der Waals surface area contributed by atoms with Gasteiger partial charge in [-0.3, -0.25) is 9.59 Å². The molecule has 1 unspecified atom stereocenters. The van der Waals surface area contributed by atoms with E-state index in [2.05, 4.69) is 5.32 Å². The first kappa shape index (κ1) is 18.4. The van der Waals surface area contributed by atoms with Crippen molar-refractivity contribution in [3.05, 3.63) is 46.4 Å². The summed E-state index contributed by atoms with van der Waals surface area (Å²) in [5.41, 5.74) is 0.982. The number of amides is 2. The quantitative estimate of drug-likeness (QED) is 0.781. The Bertz CT molecular complexity index is 872. The van der Waals surface area contributed by atoms with Crippen molar-refractivity contribution >= 4 is 46.4 Å². The third-order valence-electron chi connectivity index (χ3n) is 4.03. The lowest BCUT2D eigenvalue weighted by atomic mass is 10.2. The maximum Gasteiger partial charge on any atom is 0.256 e. The normalized spacial score (nSPS) is 16.8. The summed E-state index contributed by atoms with van der Waals surface area (Å²) in [5, 5.41) is 3.80. The monoisotopic (exact) mass is 394 g/mol. The molecule has 1 aliphatic heterocycles. The predicted molar refractivity (Wildman–Crippen MR) is 101 cm³/mol. The zero-order valence-corrected chi connectivity index (χ0v) is 15.6. The van der Waals surface area contributed by atoms with Gasteiger partial charge in [-0.2, -0.15) is 0 Å². The number of hydrogen-bond donors (Lipinski definition) is 1. The molecule has 0 bridgehead atoms. The van der Waals surface area contributed by atoms with E-state index in [1.54, 1.807) is 36.4 Å². The lowest BCUT2D eigenvalue weighted by Gasteiger charge is -2.19. The molecule has 0 spiro atoms. The van der Waals surface area contributed by atoms with Crippen molar-refractivity contribution in [1.29, 1.82) is 0 Å². The fourth-order valence-corrected chi connectivity index (χ4v) is 3.05. The van der Waals surface area contributed by atoms with E-state index in [1.807, 2.05) is 0 Å². The van der Waals surface area contributed by atoms with Crippen molar-refractivity contribution in [3.8, 4) is 11.5 Å². The Morgan fingerprint density at radius 2 is 1.81 bits per heavy atom. The van der Waals surface area contributed by atoms with Crippen LogP contribution < -0.4 is 19.7 Å². The summed E-state index contributed by atoms with van der Waals surface area (Å²) < 4.78 is 10.4. The van der Waals surface area contributed by atoms with Crippen LogP contribution in [0, 0.1) is 0 Å². The van der Waals surface area contributed by atoms with E-state index in [4.69, 9.17) is 32.7 Å². The Kier molecular flexibility index (Phi) is 5.25. The van der Waals surface area contributed by atoms with E-state index in [9.17, 15) is 9.59 Å². The predicted octanol–water partition coefficient (Wildman–Crippen LogP) is 3.75. The van der Waals surface area contributed by atoms with Crippen LogP contribution in [0.2, 0.25) is 10.0 Å². The lowest BCUT2D eigenvalue weighted by molar-refractivity contribution is -0.121. The first-order chi connectivity index (χ1) is 12.4. The summed E-state index contributed by atoms with van der Waals surface area (Å²) in [7, 11) is 2.99. The van der Waals surface area contributed by atoms with Gasteiger partial charge in [-0.1, -0.05) is 23.2 Å². The minimum atomic E-state index is -0.702. The second kappa shape index (κ2) is 7.43. The molecule has 0 saturated carbocycles. The number of nitrogens with one attached hydrogen (secondary N) is 1. The number of ether oxygens (including phenoxy) is 2. The minimum Gasteiger partial charge on any atom is -0.497 e. The topological polar surface area (TPSA) is 67.9 Å². The molecule has 6 nitrogen and oxygen atoms in total. The van der Waals surface area contributed by atoms with Gasteiger partial charge in [0.25, 0.3) is 5.91 Å². The van der Waals surface area contributed by atoms with Crippen molar-refractivity contribution in [1.82, 2.24) is 0 Å². The van der Waals surface area contributed by atoms with Gasteiger partial charge in [-0.25, -0.2) is 4.90 Å². The average molecular weight is 395 g/mol. The second-order valence-corrected chi connectivity index (χ2v) is 6.45. The molecule has 8 heteroatoms. The first-order valence-electron chi connectivity index (χ1n) is 7.75. The van der Waals surface area contributed by atoms with Crippen LogP contribution in [-0.2, 0) is 9.59 Å². The molecular weight excluding hydrogens is 379 g/mol. The number of halogens is 2. The summed E-state index contributed by atoms with van der Waals surface area (Å²) in [6.45, 7) is 0. The molecule has 0 radical (unpaired) electrons. The van der Waals surface area contributed by atoms with E-state index in [0.29, 0.717) is 32.9 Å². The van der Waals surface area contributed by atoms with Crippen molar-refractivity contribution in [2.24, 2.45) is 0 Å². The maximum atomic E-state index is 12.8. The van der Waals surface area contributed by atoms with Crippen molar-refractivity contribution in [3.63, 3.8) is 0 Å². The van der Waals surface area contributed by atoms with Crippen molar-refractivity contribution < 1.29 is 19.1 Å². The number of imide groups is 1. The number of carbonyl (C=O) groups is 2. The van der Waals surface area contributed by atoms with Crippen LogP contribution in [0.5, 0.6) is 11.5 Å². The van der Waals surface area contributed by atoms with Crippen molar-refractivity contribution in [2.45, 2.75) is 12.5 Å². The van der Waals surface area contributed by atoms with Gasteiger partial charge in [0.2, 0.25) is 5.91 Å². The molecule has 1 fully saturated rings. The van der Waals surface area contributed by atoms with E-state index in [-0.39, 0.29) is 18.2 Å². The molecule has 2 amide bonds. The number of carbonyl (C=O) groups excluding carboxylic acids is 2. The van der Waals surface area contributed by atoms with Crippen LogP contribution >= 0.6 is 23.2 Å². The molecule has 2 aromatic rings. The molecular formula is C18H16Cl2N2O4. The summed E-state index contributed by atoms with van der Waals surface area (Å²) in [4.78, 5) is 26.4. The molecule has 2 aromatic carbocycles. The Balaban J connectivity index is 1.86. The smallest absolute Gasteiger partial charge is 0.256 e.